The number of nitrogens with zero attached hydrogens (tertiary/aromatic N) is 1. The SMILES string of the molecule is CCCN1C(=O)COC(C(=O)O)C1c1sccc1Br. The van der Waals surface area contributed by atoms with Crippen LogP contribution in [0.25, 0.3) is 0 Å². The van der Waals surface area contributed by atoms with Crippen molar-refractivity contribution in [2.45, 2.75) is 25.5 Å². The van der Waals surface area contributed by atoms with Crippen LogP contribution < -0.4 is 0 Å². The molecule has 104 valence electrons. The van der Waals surface area contributed by atoms with Crippen LogP contribution in [0.3, 0.4) is 0 Å². The van der Waals surface area contributed by atoms with Crippen molar-refractivity contribution in [1.29, 1.82) is 0 Å². The highest BCUT2D eigenvalue weighted by molar-refractivity contribution is 9.10. The number of hydrogen-bond acceptors (Lipinski definition) is 4. The molecule has 1 saturated heterocycles. The van der Waals surface area contributed by atoms with Crippen LogP contribution in [0.2, 0.25) is 0 Å². The van der Waals surface area contributed by atoms with Gasteiger partial charge in [-0.3, -0.25) is 4.79 Å². The van der Waals surface area contributed by atoms with E-state index in [0.717, 1.165) is 15.8 Å². The second kappa shape index (κ2) is 6.02. The summed E-state index contributed by atoms with van der Waals surface area (Å²) in [6, 6.07) is 1.29. The maximum atomic E-state index is 12.0. The third kappa shape index (κ3) is 2.82. The van der Waals surface area contributed by atoms with E-state index in [-0.39, 0.29) is 12.5 Å². The summed E-state index contributed by atoms with van der Waals surface area (Å²) < 4.78 is 6.03. The van der Waals surface area contributed by atoms with Crippen molar-refractivity contribution in [3.05, 3.63) is 20.8 Å². The number of thiophene rings is 1. The van der Waals surface area contributed by atoms with Crippen LogP contribution >= 0.6 is 27.3 Å². The Morgan fingerprint density at radius 1 is 1.68 bits per heavy atom. The van der Waals surface area contributed by atoms with Crippen molar-refractivity contribution in [3.8, 4) is 0 Å². The first-order valence-electron chi connectivity index (χ1n) is 5.93. The quantitative estimate of drug-likeness (QED) is 0.907. The molecule has 1 fully saturated rings. The van der Waals surface area contributed by atoms with Gasteiger partial charge in [0.05, 0.1) is 0 Å². The minimum Gasteiger partial charge on any atom is -0.479 e. The fourth-order valence-corrected chi connectivity index (χ4v) is 3.90. The molecule has 0 saturated carbocycles. The summed E-state index contributed by atoms with van der Waals surface area (Å²) in [4.78, 5) is 25.7. The van der Waals surface area contributed by atoms with Gasteiger partial charge >= 0.3 is 5.97 Å². The predicted octanol–water partition coefficient (Wildman–Crippen LogP) is 2.27. The molecule has 2 atom stereocenters. The topological polar surface area (TPSA) is 66.8 Å². The number of ether oxygens (including phenoxy) is 1. The van der Waals surface area contributed by atoms with E-state index in [2.05, 4.69) is 15.9 Å². The summed E-state index contributed by atoms with van der Waals surface area (Å²) in [5, 5.41) is 11.2. The van der Waals surface area contributed by atoms with Crippen molar-refractivity contribution in [2.75, 3.05) is 13.2 Å². The summed E-state index contributed by atoms with van der Waals surface area (Å²) in [5.41, 5.74) is 0. The molecule has 19 heavy (non-hydrogen) atoms. The second-order valence-corrected chi connectivity index (χ2v) is 6.04. The van der Waals surface area contributed by atoms with E-state index < -0.39 is 18.1 Å². The molecule has 0 spiro atoms. The minimum atomic E-state index is -1.04. The molecule has 0 radical (unpaired) electrons. The molecule has 0 aliphatic carbocycles. The van der Waals surface area contributed by atoms with Gasteiger partial charge in [-0.25, -0.2) is 4.79 Å². The smallest absolute Gasteiger partial charge is 0.335 e. The Balaban J connectivity index is 2.41. The van der Waals surface area contributed by atoms with Crippen LogP contribution in [0, 0.1) is 0 Å². The number of aliphatic carboxylic acids is 1. The van der Waals surface area contributed by atoms with Crippen molar-refractivity contribution in [2.24, 2.45) is 0 Å². The van der Waals surface area contributed by atoms with Gasteiger partial charge in [0.2, 0.25) is 5.91 Å². The lowest BCUT2D eigenvalue weighted by atomic mass is 10.0. The van der Waals surface area contributed by atoms with Crippen molar-refractivity contribution in [3.63, 3.8) is 0 Å². The molecule has 1 aliphatic rings. The standard InChI is InChI=1S/C12H14BrNO4S/c1-2-4-14-8(15)6-18-10(12(16)17)9(14)11-7(13)3-5-19-11/h3,5,9-10H,2,4,6H2,1H3,(H,16,17). The lowest BCUT2D eigenvalue weighted by molar-refractivity contribution is -0.173. The third-order valence-corrected chi connectivity index (χ3v) is 4.89. The van der Waals surface area contributed by atoms with E-state index in [0.29, 0.717) is 6.54 Å². The largest absolute Gasteiger partial charge is 0.479 e. The molecule has 7 heteroatoms. The minimum absolute atomic E-state index is 0.162. The van der Waals surface area contributed by atoms with Crippen LogP contribution in [0.1, 0.15) is 24.3 Å². The fourth-order valence-electron chi connectivity index (χ4n) is 2.16. The molecule has 1 aliphatic heterocycles. The normalized spacial score (nSPS) is 23.7. The zero-order valence-corrected chi connectivity index (χ0v) is 12.7. The van der Waals surface area contributed by atoms with E-state index in [4.69, 9.17) is 4.74 Å². The van der Waals surface area contributed by atoms with Gasteiger partial charge in [0.25, 0.3) is 0 Å². The average Bonchev–Trinajstić information content (AvgIpc) is 2.77. The molecule has 1 aromatic heterocycles. The highest BCUT2D eigenvalue weighted by Gasteiger charge is 2.42. The van der Waals surface area contributed by atoms with Crippen molar-refractivity contribution < 1.29 is 19.4 Å². The number of carbonyl (C=O) groups excluding carboxylic acids is 1. The predicted molar refractivity (Wildman–Crippen MR) is 74.1 cm³/mol. The van der Waals surface area contributed by atoms with E-state index >= 15 is 0 Å². The van der Waals surface area contributed by atoms with Crippen LogP contribution in [0.5, 0.6) is 0 Å². The molecular weight excluding hydrogens is 334 g/mol. The number of carboxylic acids is 1. The maximum Gasteiger partial charge on any atom is 0.335 e. The van der Waals surface area contributed by atoms with Crippen LogP contribution in [-0.2, 0) is 14.3 Å². The van der Waals surface area contributed by atoms with Gasteiger partial charge in [0, 0.05) is 15.9 Å². The van der Waals surface area contributed by atoms with Gasteiger partial charge in [0.15, 0.2) is 6.10 Å². The first kappa shape index (κ1) is 14.5. The summed E-state index contributed by atoms with van der Waals surface area (Å²) >= 11 is 4.83. The van der Waals surface area contributed by atoms with Crippen LogP contribution in [0.4, 0.5) is 0 Å². The van der Waals surface area contributed by atoms with Gasteiger partial charge in [-0.15, -0.1) is 11.3 Å². The van der Waals surface area contributed by atoms with Gasteiger partial charge < -0.3 is 14.7 Å². The van der Waals surface area contributed by atoms with Gasteiger partial charge in [0.1, 0.15) is 12.6 Å². The van der Waals surface area contributed by atoms with E-state index in [1.54, 1.807) is 4.90 Å². The van der Waals surface area contributed by atoms with Gasteiger partial charge in [-0.05, 0) is 33.8 Å². The monoisotopic (exact) mass is 347 g/mol. The molecule has 2 unspecified atom stereocenters. The van der Waals surface area contributed by atoms with E-state index in [9.17, 15) is 14.7 Å². The van der Waals surface area contributed by atoms with Gasteiger partial charge in [-0.2, -0.15) is 0 Å². The summed E-state index contributed by atoms with van der Waals surface area (Å²) in [5.74, 6) is -1.21. The average molecular weight is 348 g/mol. The Morgan fingerprint density at radius 3 is 2.95 bits per heavy atom. The molecule has 2 heterocycles. The Bertz CT molecular complexity index is 490. The Morgan fingerprint density at radius 2 is 2.42 bits per heavy atom. The number of amides is 1. The highest BCUT2D eigenvalue weighted by Crippen LogP contribution is 2.38. The Hall–Kier alpha value is -0.920. The van der Waals surface area contributed by atoms with Gasteiger partial charge in [-0.1, -0.05) is 6.92 Å². The highest BCUT2D eigenvalue weighted by atomic mass is 79.9. The Kier molecular flexibility index (Phi) is 4.59. The number of carboxylic acid groups (broad SMARTS) is 1. The molecule has 0 bridgehead atoms. The summed E-state index contributed by atoms with van der Waals surface area (Å²) in [6.07, 6.45) is -0.239. The van der Waals surface area contributed by atoms with E-state index in [1.807, 2.05) is 18.4 Å². The molecule has 1 amide bonds. The number of rotatable bonds is 4. The first-order chi connectivity index (χ1) is 9.06. The molecule has 5 nitrogen and oxygen atoms in total. The fraction of sp³-hybridized carbons (Fsp3) is 0.500. The zero-order valence-electron chi connectivity index (χ0n) is 10.3. The number of morpholine rings is 1. The van der Waals surface area contributed by atoms with Crippen molar-refractivity contribution >= 4 is 39.1 Å². The van der Waals surface area contributed by atoms with E-state index in [1.165, 1.54) is 11.3 Å². The molecule has 0 aromatic carbocycles. The zero-order chi connectivity index (χ0) is 14.0. The maximum absolute atomic E-state index is 12.0. The number of hydrogen-bond donors (Lipinski definition) is 1. The molecule has 1 aromatic rings. The molecule has 1 N–H and O–H groups in total. The van der Waals surface area contributed by atoms with Crippen LogP contribution in [0.15, 0.2) is 15.9 Å². The second-order valence-electron chi connectivity index (χ2n) is 4.23. The molecular formula is C12H14BrNO4S. The Labute approximate surface area is 123 Å². The summed E-state index contributed by atoms with van der Waals surface area (Å²) in [7, 11) is 0. The number of carbonyl (C=O) groups is 2. The number of halogens is 1. The molecule has 2 rings (SSSR count). The lowest BCUT2D eigenvalue weighted by Crippen LogP contribution is -2.51. The first-order valence-corrected chi connectivity index (χ1v) is 7.60. The van der Waals surface area contributed by atoms with Crippen LogP contribution in [-0.4, -0.2) is 41.1 Å². The lowest BCUT2D eigenvalue weighted by Gasteiger charge is -2.38. The third-order valence-electron chi connectivity index (χ3n) is 2.95. The summed E-state index contributed by atoms with van der Waals surface area (Å²) in [6.45, 7) is 2.32. The van der Waals surface area contributed by atoms with Crippen molar-refractivity contribution in [1.82, 2.24) is 4.90 Å².